The van der Waals surface area contributed by atoms with Crippen molar-refractivity contribution in [3.63, 3.8) is 0 Å². The standard InChI is InChI=1S/C12H26NO.2C6H13.Al/c1-4-7-10-13(11-8-5-2)12(14)9-6-3;2*1-3-5-6-4-2;/h12H,4-11H2,1-3H3;2*1,3-6H2,2H3;/q-1;;;+1. The van der Waals surface area contributed by atoms with Crippen molar-refractivity contribution < 1.29 is 3.79 Å². The van der Waals surface area contributed by atoms with Gasteiger partial charge in [0.05, 0.1) is 6.23 Å². The monoisotopic (exact) mass is 397 g/mol. The summed E-state index contributed by atoms with van der Waals surface area (Å²) in [4.78, 5) is 2.70. The van der Waals surface area contributed by atoms with Crippen LogP contribution in [0.2, 0.25) is 10.6 Å². The molecule has 162 valence electrons. The lowest BCUT2D eigenvalue weighted by atomic mass is 10.2. The second-order valence-electron chi connectivity index (χ2n) is 8.44. The van der Waals surface area contributed by atoms with Crippen LogP contribution in [-0.2, 0) is 3.79 Å². The van der Waals surface area contributed by atoms with Crippen molar-refractivity contribution in [2.45, 2.75) is 141 Å². The minimum Gasteiger partial charge on any atom is -0.487 e. The number of hydrogen-bond acceptors (Lipinski definition) is 2. The van der Waals surface area contributed by atoms with Gasteiger partial charge in [0.1, 0.15) is 0 Å². The second-order valence-corrected chi connectivity index (χ2v) is 11.1. The van der Waals surface area contributed by atoms with Gasteiger partial charge in [-0.25, -0.2) is 0 Å². The first-order valence-electron chi connectivity index (χ1n) is 12.6. The maximum Gasteiger partial charge on any atom is 0.461 e. The van der Waals surface area contributed by atoms with Gasteiger partial charge in [-0.2, -0.15) is 0 Å². The molecule has 0 spiro atoms. The fourth-order valence-corrected chi connectivity index (χ4v) is 6.61. The summed E-state index contributed by atoms with van der Waals surface area (Å²) in [7, 11) is 0. The molecule has 0 aliphatic heterocycles. The van der Waals surface area contributed by atoms with E-state index in [9.17, 15) is 0 Å². The molecule has 0 fully saturated rings. The molecule has 0 aromatic carbocycles. The molecule has 1 unspecified atom stereocenters. The van der Waals surface area contributed by atoms with Crippen LogP contribution in [0.25, 0.3) is 0 Å². The van der Waals surface area contributed by atoms with Gasteiger partial charge in [-0.1, -0.05) is 116 Å². The zero-order valence-corrected chi connectivity index (χ0v) is 20.9. The van der Waals surface area contributed by atoms with E-state index in [-0.39, 0.29) is 0 Å². The minimum absolute atomic E-state index is 0.405. The highest BCUT2D eigenvalue weighted by Crippen LogP contribution is 2.20. The van der Waals surface area contributed by atoms with Gasteiger partial charge in [0.15, 0.2) is 0 Å². The van der Waals surface area contributed by atoms with E-state index in [0.29, 0.717) is 6.23 Å². The van der Waals surface area contributed by atoms with Crippen LogP contribution in [0.4, 0.5) is 0 Å². The molecule has 27 heavy (non-hydrogen) atoms. The van der Waals surface area contributed by atoms with E-state index < -0.39 is 14.5 Å². The largest absolute Gasteiger partial charge is 0.487 e. The fraction of sp³-hybridized carbons (Fsp3) is 1.00. The van der Waals surface area contributed by atoms with Crippen molar-refractivity contribution in [3.8, 4) is 0 Å². The summed E-state index contributed by atoms with van der Waals surface area (Å²) in [6, 6.07) is 0. The first-order chi connectivity index (χ1) is 13.2. The van der Waals surface area contributed by atoms with Crippen LogP contribution in [-0.4, -0.2) is 38.7 Å². The van der Waals surface area contributed by atoms with Crippen LogP contribution >= 0.6 is 0 Å². The Morgan fingerprint density at radius 2 is 1.07 bits per heavy atom. The van der Waals surface area contributed by atoms with Gasteiger partial charge in [0.25, 0.3) is 0 Å². The number of hydrogen-bond donors (Lipinski definition) is 0. The zero-order chi connectivity index (χ0) is 20.2. The first-order valence-corrected chi connectivity index (χ1v) is 14.7. The van der Waals surface area contributed by atoms with Crippen molar-refractivity contribution in [2.24, 2.45) is 0 Å². The van der Waals surface area contributed by atoms with E-state index in [2.05, 4.69) is 39.5 Å². The van der Waals surface area contributed by atoms with Crippen molar-refractivity contribution in [1.29, 1.82) is 0 Å². The lowest BCUT2D eigenvalue weighted by Crippen LogP contribution is -2.42. The third-order valence-corrected chi connectivity index (χ3v) is 8.45. The summed E-state index contributed by atoms with van der Waals surface area (Å²) in [6.07, 6.45) is 19.2. The summed E-state index contributed by atoms with van der Waals surface area (Å²) in [5, 5.41) is 2.81. The maximum atomic E-state index is 6.97. The Morgan fingerprint density at radius 1 is 0.593 bits per heavy atom. The summed E-state index contributed by atoms with van der Waals surface area (Å²) in [5.74, 6) is 0. The summed E-state index contributed by atoms with van der Waals surface area (Å²) < 4.78 is 6.97. The summed E-state index contributed by atoms with van der Waals surface area (Å²) in [5.41, 5.74) is 0. The normalized spacial score (nSPS) is 12.7. The molecule has 0 N–H and O–H groups in total. The Labute approximate surface area is 177 Å². The third kappa shape index (κ3) is 16.0. The van der Waals surface area contributed by atoms with Gasteiger partial charge in [-0.3, -0.25) is 4.90 Å². The van der Waals surface area contributed by atoms with E-state index >= 15 is 0 Å². The van der Waals surface area contributed by atoms with E-state index in [1.165, 1.54) is 114 Å². The highest BCUT2D eigenvalue weighted by molar-refractivity contribution is 6.51. The SMILES string of the molecule is CCCCC[CH2][Al]([CH2]CCCCC)[O]C(CCC)N(CCCC)CCCC. The highest BCUT2D eigenvalue weighted by Gasteiger charge is 2.26. The molecule has 0 rings (SSSR count). The Bertz CT molecular complexity index is 268. The van der Waals surface area contributed by atoms with Gasteiger partial charge in [0, 0.05) is 13.1 Å². The molecule has 3 heteroatoms. The molecule has 0 heterocycles. The first kappa shape index (κ1) is 27.5. The summed E-state index contributed by atoms with van der Waals surface area (Å²) >= 11 is -1.07. The predicted molar refractivity (Wildman–Crippen MR) is 125 cm³/mol. The Hall–Kier alpha value is 0.452. The molecule has 0 aromatic heterocycles. The predicted octanol–water partition coefficient (Wildman–Crippen LogP) is 8.18. The van der Waals surface area contributed by atoms with Crippen LogP contribution in [0.5, 0.6) is 0 Å². The van der Waals surface area contributed by atoms with Crippen molar-refractivity contribution in [1.82, 2.24) is 4.90 Å². The van der Waals surface area contributed by atoms with Gasteiger partial charge < -0.3 is 3.79 Å². The van der Waals surface area contributed by atoms with Crippen molar-refractivity contribution >= 4 is 14.5 Å². The quantitative estimate of drug-likeness (QED) is 0.110. The molecule has 0 aliphatic rings. The topological polar surface area (TPSA) is 12.5 Å². The van der Waals surface area contributed by atoms with Crippen molar-refractivity contribution in [3.05, 3.63) is 0 Å². The molecule has 2 nitrogen and oxygen atoms in total. The molecule has 0 aliphatic carbocycles. The van der Waals surface area contributed by atoms with E-state index in [1.807, 2.05) is 0 Å². The lowest BCUT2D eigenvalue weighted by Gasteiger charge is -2.34. The van der Waals surface area contributed by atoms with Gasteiger partial charge >= 0.3 is 14.5 Å². The molecule has 0 amide bonds. The third-order valence-electron chi connectivity index (χ3n) is 5.65. The summed E-state index contributed by atoms with van der Waals surface area (Å²) in [6.45, 7) is 14.0. The van der Waals surface area contributed by atoms with Gasteiger partial charge in [-0.15, -0.1) is 0 Å². The van der Waals surface area contributed by atoms with Crippen LogP contribution in [0.3, 0.4) is 0 Å². The molecular formula is C24H52AlNO. The number of unbranched alkanes of at least 4 members (excludes halogenated alkanes) is 8. The molecule has 0 radical (unpaired) electrons. The zero-order valence-electron chi connectivity index (χ0n) is 19.7. The van der Waals surface area contributed by atoms with Crippen LogP contribution < -0.4 is 0 Å². The molecule has 1 atom stereocenters. The Morgan fingerprint density at radius 3 is 1.48 bits per heavy atom. The van der Waals surface area contributed by atoms with E-state index in [1.54, 1.807) is 0 Å². The number of rotatable bonds is 21. The van der Waals surface area contributed by atoms with Crippen LogP contribution in [0.15, 0.2) is 0 Å². The smallest absolute Gasteiger partial charge is 0.461 e. The molecular weight excluding hydrogens is 345 g/mol. The van der Waals surface area contributed by atoms with E-state index in [4.69, 9.17) is 3.79 Å². The highest BCUT2D eigenvalue weighted by atomic mass is 27.2. The average Bonchev–Trinajstić information content (AvgIpc) is 2.68. The van der Waals surface area contributed by atoms with Crippen molar-refractivity contribution in [2.75, 3.05) is 13.1 Å². The van der Waals surface area contributed by atoms with Gasteiger partial charge in [0.2, 0.25) is 0 Å². The average molecular weight is 398 g/mol. The lowest BCUT2D eigenvalue weighted by molar-refractivity contribution is 0.0128. The minimum atomic E-state index is -1.07. The van der Waals surface area contributed by atoms with E-state index in [0.717, 1.165) is 0 Å². The molecule has 0 bridgehead atoms. The Kier molecular flexibility index (Phi) is 21.5. The molecule has 0 saturated heterocycles. The second kappa shape index (κ2) is 21.2. The van der Waals surface area contributed by atoms with Crippen LogP contribution in [0.1, 0.15) is 125 Å². The Balaban J connectivity index is 4.78. The molecule has 0 aromatic rings. The maximum absolute atomic E-state index is 6.97. The van der Waals surface area contributed by atoms with Gasteiger partial charge in [-0.05, 0) is 19.3 Å². The van der Waals surface area contributed by atoms with Crippen LogP contribution in [0, 0.1) is 0 Å². The fourth-order valence-electron chi connectivity index (χ4n) is 3.81. The molecule has 0 saturated carbocycles. The number of nitrogens with zero attached hydrogens (tertiary/aromatic N) is 1.